The molecule has 1 nitrogen and oxygen atoms in total. The second-order valence-corrected chi connectivity index (χ2v) is 6.68. The second kappa shape index (κ2) is 5.31. The van der Waals surface area contributed by atoms with Crippen LogP contribution in [0.4, 0.5) is 0 Å². The SMILES string of the molecule is [2H]C([2H])([2H])c1ccc2c(c1)Cc1c-2ccc(-c2cc(C)c(C([2H])([2H])[2H])c[n+]2C)c1C. The molecule has 0 bridgehead atoms. The molecule has 120 valence electrons. The zero-order chi connectivity index (χ0) is 22.0. The summed E-state index contributed by atoms with van der Waals surface area (Å²) in [5.41, 5.74) is 9.09. The third kappa shape index (κ3) is 2.19. The van der Waals surface area contributed by atoms with Crippen LogP contribution in [0.3, 0.4) is 0 Å². The van der Waals surface area contributed by atoms with Crippen LogP contribution >= 0.6 is 0 Å². The Hall–Kier alpha value is -2.41. The van der Waals surface area contributed by atoms with Crippen molar-refractivity contribution in [2.75, 3.05) is 0 Å². The van der Waals surface area contributed by atoms with Gasteiger partial charge in [-0.05, 0) is 73.4 Å². The summed E-state index contributed by atoms with van der Waals surface area (Å²) in [6.45, 7) is -0.340. The summed E-state index contributed by atoms with van der Waals surface area (Å²) in [5, 5.41) is 0. The first-order valence-corrected chi connectivity index (χ1v) is 8.15. The van der Waals surface area contributed by atoms with Gasteiger partial charge in [-0.15, -0.1) is 0 Å². The number of hydrogen-bond donors (Lipinski definition) is 0. The predicted octanol–water partition coefficient (Wildman–Crippen LogP) is 4.98. The van der Waals surface area contributed by atoms with Gasteiger partial charge in [-0.25, -0.2) is 4.57 Å². The molecule has 1 heteroatoms. The largest absolute Gasteiger partial charge is 0.212 e. The van der Waals surface area contributed by atoms with E-state index >= 15 is 0 Å². The van der Waals surface area contributed by atoms with Gasteiger partial charge in [-0.1, -0.05) is 29.8 Å². The number of aromatic nitrogens is 1. The summed E-state index contributed by atoms with van der Waals surface area (Å²) in [6, 6.07) is 11.5. The van der Waals surface area contributed by atoms with Gasteiger partial charge in [0.05, 0.1) is 0 Å². The molecular weight excluding hydrogens is 290 g/mol. The molecule has 1 aliphatic carbocycles. The van der Waals surface area contributed by atoms with E-state index in [4.69, 9.17) is 8.22 Å². The van der Waals surface area contributed by atoms with Gasteiger partial charge in [0.2, 0.25) is 5.69 Å². The van der Waals surface area contributed by atoms with Crippen molar-refractivity contribution in [1.29, 1.82) is 0 Å². The fourth-order valence-electron chi connectivity index (χ4n) is 3.73. The van der Waals surface area contributed by atoms with Crippen LogP contribution in [0.15, 0.2) is 42.6 Å². The quantitative estimate of drug-likeness (QED) is 0.435. The minimum absolute atomic E-state index is 0.358. The van der Waals surface area contributed by atoms with Crippen molar-refractivity contribution in [1.82, 2.24) is 0 Å². The third-order valence-corrected chi connectivity index (χ3v) is 5.12. The molecule has 0 amide bonds. The molecule has 1 heterocycles. The highest BCUT2D eigenvalue weighted by atomic mass is 14.9. The molecule has 0 unspecified atom stereocenters. The molecule has 0 aliphatic heterocycles. The van der Waals surface area contributed by atoms with Crippen molar-refractivity contribution < 1.29 is 12.8 Å². The minimum Gasteiger partial charge on any atom is -0.201 e. The van der Waals surface area contributed by atoms with Gasteiger partial charge in [0, 0.05) is 25.4 Å². The Bertz CT molecular complexity index is 1170. The highest BCUT2D eigenvalue weighted by Crippen LogP contribution is 2.41. The smallest absolute Gasteiger partial charge is 0.201 e. The van der Waals surface area contributed by atoms with Gasteiger partial charge in [0.25, 0.3) is 0 Å². The fraction of sp³-hybridized carbons (Fsp3) is 0.261. The maximum atomic E-state index is 7.74. The summed E-state index contributed by atoms with van der Waals surface area (Å²) < 4.78 is 48.1. The lowest BCUT2D eigenvalue weighted by Crippen LogP contribution is -2.31. The fourth-order valence-corrected chi connectivity index (χ4v) is 3.73. The average Bonchev–Trinajstić information content (AvgIpc) is 3.01. The van der Waals surface area contributed by atoms with Crippen LogP contribution in [0.25, 0.3) is 22.4 Å². The minimum atomic E-state index is -2.14. The number of aryl methyl sites for hydroxylation is 4. The molecular formula is C23H24N+. The Morgan fingerprint density at radius 3 is 2.50 bits per heavy atom. The first-order valence-electron chi connectivity index (χ1n) is 11.2. The third-order valence-electron chi connectivity index (χ3n) is 5.12. The van der Waals surface area contributed by atoms with Crippen molar-refractivity contribution >= 4 is 0 Å². The molecule has 3 aromatic rings. The highest BCUT2D eigenvalue weighted by Gasteiger charge is 2.24. The van der Waals surface area contributed by atoms with Gasteiger partial charge >= 0.3 is 0 Å². The summed E-state index contributed by atoms with van der Waals surface area (Å²) in [4.78, 5) is 0. The molecule has 24 heavy (non-hydrogen) atoms. The van der Waals surface area contributed by atoms with Crippen molar-refractivity contribution in [2.45, 2.75) is 34.0 Å². The van der Waals surface area contributed by atoms with Gasteiger partial charge in [0.15, 0.2) is 6.20 Å². The number of nitrogens with zero attached hydrogens (tertiary/aromatic N) is 1. The Balaban J connectivity index is 1.81. The van der Waals surface area contributed by atoms with E-state index in [0.29, 0.717) is 17.5 Å². The molecule has 0 saturated heterocycles. The lowest BCUT2D eigenvalue weighted by molar-refractivity contribution is -0.660. The number of fused-ring (bicyclic) bond motifs is 3. The predicted molar refractivity (Wildman–Crippen MR) is 100 cm³/mol. The molecule has 2 aromatic carbocycles. The number of hydrogen-bond acceptors (Lipinski definition) is 0. The summed E-state index contributed by atoms with van der Waals surface area (Å²) in [7, 11) is 1.87. The van der Waals surface area contributed by atoms with Crippen LogP contribution in [0, 0.1) is 27.6 Å². The maximum Gasteiger partial charge on any atom is 0.212 e. The van der Waals surface area contributed by atoms with E-state index in [9.17, 15) is 0 Å². The zero-order valence-electron chi connectivity index (χ0n) is 20.2. The van der Waals surface area contributed by atoms with Gasteiger partial charge in [-0.3, -0.25) is 0 Å². The van der Waals surface area contributed by atoms with E-state index in [1.165, 1.54) is 5.56 Å². The van der Waals surface area contributed by atoms with Crippen LogP contribution in [0.5, 0.6) is 0 Å². The Labute approximate surface area is 153 Å². The molecule has 0 fully saturated rings. The molecule has 0 atom stereocenters. The monoisotopic (exact) mass is 320 g/mol. The average molecular weight is 320 g/mol. The topological polar surface area (TPSA) is 3.88 Å². The lowest BCUT2D eigenvalue weighted by atomic mass is 9.94. The molecule has 0 N–H and O–H groups in total. The van der Waals surface area contributed by atoms with Crippen LogP contribution in [0.1, 0.15) is 41.6 Å². The maximum absolute atomic E-state index is 7.74. The first-order chi connectivity index (χ1) is 13.9. The van der Waals surface area contributed by atoms with Crippen molar-refractivity contribution in [3.63, 3.8) is 0 Å². The van der Waals surface area contributed by atoms with E-state index in [1.807, 2.05) is 30.7 Å². The Kier molecular flexibility index (Phi) is 2.16. The summed E-state index contributed by atoms with van der Waals surface area (Å²) in [5.74, 6) is 0. The molecule has 4 rings (SSSR count). The van der Waals surface area contributed by atoms with Gasteiger partial charge in [-0.2, -0.15) is 0 Å². The second-order valence-electron chi connectivity index (χ2n) is 6.68. The number of rotatable bonds is 1. The van der Waals surface area contributed by atoms with E-state index in [2.05, 4.69) is 19.1 Å². The number of benzene rings is 2. The van der Waals surface area contributed by atoms with Crippen LogP contribution < -0.4 is 4.57 Å². The lowest BCUT2D eigenvalue weighted by Gasteiger charge is -2.11. The van der Waals surface area contributed by atoms with Crippen LogP contribution in [-0.2, 0) is 13.5 Å². The summed E-state index contributed by atoms with van der Waals surface area (Å²) in [6.07, 6.45) is 2.39. The van der Waals surface area contributed by atoms with Gasteiger partial charge in [0.1, 0.15) is 7.05 Å². The Morgan fingerprint density at radius 2 is 1.71 bits per heavy atom. The molecule has 0 radical (unpaired) electrons. The van der Waals surface area contributed by atoms with E-state index in [-0.39, 0.29) is 0 Å². The van der Waals surface area contributed by atoms with Crippen molar-refractivity contribution in [3.05, 3.63) is 76.0 Å². The number of pyridine rings is 1. The van der Waals surface area contributed by atoms with E-state index in [1.54, 1.807) is 18.3 Å². The molecule has 0 spiro atoms. The highest BCUT2D eigenvalue weighted by molar-refractivity contribution is 5.82. The zero-order valence-corrected chi connectivity index (χ0v) is 14.2. The van der Waals surface area contributed by atoms with Crippen molar-refractivity contribution in [3.8, 4) is 22.4 Å². The Morgan fingerprint density at radius 1 is 0.917 bits per heavy atom. The van der Waals surface area contributed by atoms with E-state index in [0.717, 1.165) is 39.1 Å². The van der Waals surface area contributed by atoms with E-state index < -0.39 is 13.7 Å². The summed E-state index contributed by atoms with van der Waals surface area (Å²) >= 11 is 0. The van der Waals surface area contributed by atoms with Crippen LogP contribution in [-0.4, -0.2) is 0 Å². The van der Waals surface area contributed by atoms with Gasteiger partial charge < -0.3 is 0 Å². The molecule has 0 saturated carbocycles. The first kappa shape index (κ1) is 9.78. The molecule has 1 aliphatic rings. The molecule has 1 aromatic heterocycles. The standard InChI is InChI=1S/C23H24N/c1-14-6-7-20-18(10-14)12-22-17(4)19(8-9-21(20)22)23-11-15(2)16(3)13-24(23)5/h6-11,13H,12H2,1-5H3/q+1/i1D3,3D3. The van der Waals surface area contributed by atoms with Crippen molar-refractivity contribution in [2.24, 2.45) is 7.05 Å². The normalized spacial score (nSPS) is 17.0. The van der Waals surface area contributed by atoms with Crippen LogP contribution in [0.2, 0.25) is 0 Å².